The van der Waals surface area contributed by atoms with E-state index in [1.54, 1.807) is 0 Å². The van der Waals surface area contributed by atoms with E-state index < -0.39 is 0 Å². The number of benzene rings is 4. The van der Waals surface area contributed by atoms with E-state index in [1.165, 1.54) is 101 Å². The number of anilines is 4. The molecule has 4 N–H and O–H groups in total. The van der Waals surface area contributed by atoms with Crippen molar-refractivity contribution in [2.45, 2.75) is 51.7 Å². The Balaban J connectivity index is 0.895. The van der Waals surface area contributed by atoms with Gasteiger partial charge in [0.05, 0.1) is 0 Å². The van der Waals surface area contributed by atoms with E-state index in [4.69, 9.17) is 0 Å². The van der Waals surface area contributed by atoms with Crippen LogP contribution in [0.15, 0.2) is 117 Å². The molecule has 0 saturated carbocycles. The highest BCUT2D eigenvalue weighted by Gasteiger charge is 2.15. The van der Waals surface area contributed by atoms with Crippen LogP contribution in [-0.4, -0.2) is 125 Å². The first kappa shape index (κ1) is 41.3. The lowest BCUT2D eigenvalue weighted by atomic mass is 10.2. The van der Waals surface area contributed by atoms with Gasteiger partial charge in [-0.3, -0.25) is 0 Å². The number of hydrogen-bond acceptors (Lipinski definition) is 10. The van der Waals surface area contributed by atoms with E-state index >= 15 is 0 Å². The maximum absolute atomic E-state index is 3.75. The highest BCUT2D eigenvalue weighted by molar-refractivity contribution is 8.00. The number of nitrogens with one attached hydrogen (secondary N) is 4. The zero-order valence-electron chi connectivity index (χ0n) is 33.3. The Morgan fingerprint density at radius 1 is 0.382 bits per heavy atom. The minimum atomic E-state index is 0.968. The van der Waals surface area contributed by atoms with Gasteiger partial charge in [0, 0.05) is 121 Å². The molecule has 2 heterocycles. The number of rotatable bonds is 22. The highest BCUT2D eigenvalue weighted by atomic mass is 32.2. The zero-order chi connectivity index (χ0) is 37.9. The van der Waals surface area contributed by atoms with Crippen molar-refractivity contribution in [3.63, 3.8) is 0 Å². The fraction of sp³-hybridized carbons (Fsp3) is 0.467. The molecule has 0 radical (unpaired) electrons. The Hall–Kier alpha value is -3.38. The van der Waals surface area contributed by atoms with Crippen molar-refractivity contribution in [2.75, 3.05) is 127 Å². The monoisotopic (exact) mass is 780 g/mol. The predicted molar refractivity (Wildman–Crippen MR) is 239 cm³/mol. The van der Waals surface area contributed by atoms with Crippen LogP contribution in [0.2, 0.25) is 0 Å². The normalized spacial score (nSPS) is 15.9. The average Bonchev–Trinajstić information content (AvgIpc) is 3.21. The van der Waals surface area contributed by atoms with Crippen LogP contribution in [0, 0.1) is 0 Å². The number of likely N-dealkylation sites (N-methyl/N-ethyl adjacent to an activating group) is 2. The molecule has 0 amide bonds. The lowest BCUT2D eigenvalue weighted by molar-refractivity contribution is 0.154. The molecule has 0 atom stereocenters. The molecule has 0 unspecified atom stereocenters. The molecule has 2 aliphatic heterocycles. The maximum atomic E-state index is 3.75. The number of hydrogen-bond donors (Lipinski definition) is 4. The van der Waals surface area contributed by atoms with Crippen molar-refractivity contribution < 1.29 is 0 Å². The van der Waals surface area contributed by atoms with E-state index in [0.717, 1.165) is 65.0 Å². The smallest absolute Gasteiger partial charge is 0.0482 e. The maximum Gasteiger partial charge on any atom is 0.0482 e. The molecule has 10 heteroatoms. The van der Waals surface area contributed by atoms with Crippen LogP contribution in [0.4, 0.5) is 22.7 Å². The average molecular weight is 781 g/mol. The van der Waals surface area contributed by atoms with E-state index in [2.05, 4.69) is 152 Å². The summed E-state index contributed by atoms with van der Waals surface area (Å²) in [5, 5.41) is 15.0. The number of piperazine rings is 2. The number of nitrogens with zero attached hydrogens (tertiary/aromatic N) is 4. The lowest BCUT2D eigenvalue weighted by Gasteiger charge is -2.32. The summed E-state index contributed by atoms with van der Waals surface area (Å²) >= 11 is 3.70. The number of unbranched alkanes of at least 4 members (excludes halogenated alkanes) is 2. The molecule has 2 aliphatic rings. The standard InChI is InChI=1S/C45H64N8S2/c1-50-30-34-52(35-31-50)28-14-26-48-40-18-6-10-22-44(40)54-42-20-8-4-16-38(42)46-24-12-3-13-25-47-39-17-5-9-21-43(39)55-45-23-11-7-19-41(45)49-27-15-29-53-36-32-51(2)33-37-53/h4-11,16-23,46-49H,3,12-15,24-37H2,1-2H3. The second-order valence-electron chi connectivity index (χ2n) is 15.0. The van der Waals surface area contributed by atoms with Crippen molar-refractivity contribution in [2.24, 2.45) is 0 Å². The highest BCUT2D eigenvalue weighted by Crippen LogP contribution is 2.38. The molecule has 4 aromatic carbocycles. The molecule has 2 saturated heterocycles. The second kappa shape index (κ2) is 23.0. The van der Waals surface area contributed by atoms with Crippen molar-refractivity contribution in [1.29, 1.82) is 0 Å². The Morgan fingerprint density at radius 3 is 1.00 bits per heavy atom. The molecular formula is C45H64N8S2. The van der Waals surface area contributed by atoms with Crippen molar-refractivity contribution in [3.05, 3.63) is 97.1 Å². The largest absolute Gasteiger partial charge is 0.384 e. The van der Waals surface area contributed by atoms with E-state index in [-0.39, 0.29) is 0 Å². The molecule has 2 fully saturated rings. The van der Waals surface area contributed by atoms with Crippen LogP contribution >= 0.6 is 23.5 Å². The minimum absolute atomic E-state index is 0.968. The fourth-order valence-electron chi connectivity index (χ4n) is 7.11. The third kappa shape index (κ3) is 13.9. The van der Waals surface area contributed by atoms with Crippen LogP contribution in [0.3, 0.4) is 0 Å². The molecule has 55 heavy (non-hydrogen) atoms. The van der Waals surface area contributed by atoms with Gasteiger partial charge in [-0.05, 0) is 108 Å². The van der Waals surface area contributed by atoms with Crippen LogP contribution in [0.25, 0.3) is 0 Å². The van der Waals surface area contributed by atoms with Gasteiger partial charge in [0.15, 0.2) is 0 Å². The molecular weight excluding hydrogens is 717 g/mol. The summed E-state index contributed by atoms with van der Waals surface area (Å²) in [6.45, 7) is 15.7. The summed E-state index contributed by atoms with van der Waals surface area (Å²) < 4.78 is 0. The Kier molecular flexibility index (Phi) is 17.3. The molecule has 0 bridgehead atoms. The van der Waals surface area contributed by atoms with Gasteiger partial charge in [0.25, 0.3) is 0 Å². The first-order valence-corrected chi connectivity index (χ1v) is 22.2. The Bertz CT molecular complexity index is 1570. The quantitative estimate of drug-likeness (QED) is 0.0583. The third-order valence-electron chi connectivity index (χ3n) is 10.6. The number of para-hydroxylation sites is 4. The van der Waals surface area contributed by atoms with E-state index in [0.29, 0.717) is 0 Å². The van der Waals surface area contributed by atoms with Crippen LogP contribution in [0.5, 0.6) is 0 Å². The van der Waals surface area contributed by atoms with Gasteiger partial charge < -0.3 is 40.9 Å². The topological polar surface area (TPSA) is 61.1 Å². The Morgan fingerprint density at radius 2 is 0.673 bits per heavy atom. The van der Waals surface area contributed by atoms with Gasteiger partial charge in [-0.15, -0.1) is 0 Å². The summed E-state index contributed by atoms with van der Waals surface area (Å²) in [4.78, 5) is 15.1. The molecule has 0 aromatic heterocycles. The minimum Gasteiger partial charge on any atom is -0.384 e. The van der Waals surface area contributed by atoms with Crippen LogP contribution in [-0.2, 0) is 0 Å². The molecule has 0 spiro atoms. The van der Waals surface area contributed by atoms with Gasteiger partial charge in [-0.25, -0.2) is 0 Å². The lowest BCUT2D eigenvalue weighted by Crippen LogP contribution is -2.44. The molecule has 4 aromatic rings. The molecule has 0 aliphatic carbocycles. The Labute approximate surface area is 340 Å². The SMILES string of the molecule is CN1CCN(CCCNc2ccccc2Sc2ccccc2NCCCCCNc2ccccc2Sc2ccccc2NCCCN2CCN(C)CC2)CC1. The van der Waals surface area contributed by atoms with Crippen molar-refractivity contribution in [3.8, 4) is 0 Å². The van der Waals surface area contributed by atoms with Crippen LogP contribution in [0.1, 0.15) is 32.1 Å². The van der Waals surface area contributed by atoms with Gasteiger partial charge in [0.1, 0.15) is 0 Å². The summed E-state index contributed by atoms with van der Waals surface area (Å²) in [6.07, 6.45) is 5.76. The first-order chi connectivity index (χ1) is 27.1. The predicted octanol–water partition coefficient (Wildman–Crippen LogP) is 8.78. The molecule has 296 valence electrons. The van der Waals surface area contributed by atoms with Crippen molar-refractivity contribution in [1.82, 2.24) is 19.6 Å². The fourth-order valence-corrected chi connectivity index (χ4v) is 9.17. The van der Waals surface area contributed by atoms with E-state index in [1.807, 2.05) is 23.5 Å². The van der Waals surface area contributed by atoms with Gasteiger partial charge >= 0.3 is 0 Å². The van der Waals surface area contributed by atoms with Crippen molar-refractivity contribution >= 4 is 46.3 Å². The van der Waals surface area contributed by atoms with Gasteiger partial charge in [-0.1, -0.05) is 72.1 Å². The molecule has 8 nitrogen and oxygen atoms in total. The molecule has 6 rings (SSSR count). The second-order valence-corrected chi connectivity index (χ2v) is 17.1. The van der Waals surface area contributed by atoms with E-state index in [9.17, 15) is 0 Å². The third-order valence-corrected chi connectivity index (χ3v) is 12.9. The first-order valence-electron chi connectivity index (χ1n) is 20.6. The summed E-state index contributed by atoms with van der Waals surface area (Å²) in [7, 11) is 4.44. The summed E-state index contributed by atoms with van der Waals surface area (Å²) in [5.41, 5.74) is 4.87. The summed E-state index contributed by atoms with van der Waals surface area (Å²) in [5.74, 6) is 0. The van der Waals surface area contributed by atoms with Gasteiger partial charge in [-0.2, -0.15) is 0 Å². The van der Waals surface area contributed by atoms with Crippen LogP contribution < -0.4 is 21.3 Å². The summed E-state index contributed by atoms with van der Waals surface area (Å²) in [6, 6.07) is 34.9. The zero-order valence-corrected chi connectivity index (χ0v) is 34.9. The van der Waals surface area contributed by atoms with Gasteiger partial charge in [0.2, 0.25) is 0 Å².